The van der Waals surface area contributed by atoms with Crippen LogP contribution < -0.4 is 32.2 Å². The van der Waals surface area contributed by atoms with E-state index in [2.05, 4.69) is 16.0 Å². The molecule has 3 aromatic heterocycles. The molecule has 6 N–H and O–H groups in total. The first kappa shape index (κ1) is 38.6. The normalized spacial score (nSPS) is 10.8. The van der Waals surface area contributed by atoms with E-state index < -0.39 is 79.0 Å². The van der Waals surface area contributed by atoms with Crippen molar-refractivity contribution in [2.24, 2.45) is 0 Å². The minimum absolute atomic E-state index is 0. The number of aromatic hydroxyl groups is 3. The SMILES string of the molecule is O=C(NCCCC(CCCNC(=O)c1occc(=O)c1O)(CCCNC(=O)c1occc(=O)c1O)[N+](=O)[O-])c1occc(=O)c1O.[Gd]. The largest absolute Gasteiger partial charge is 0.501 e. The molecular formula is C28H30GdN4O14. The molecule has 3 heterocycles. The Balaban J connectivity index is 0.00000768. The van der Waals surface area contributed by atoms with E-state index in [1.165, 1.54) is 0 Å². The van der Waals surface area contributed by atoms with Gasteiger partial charge in [-0.3, -0.25) is 38.9 Å². The third-order valence-electron chi connectivity index (χ3n) is 6.88. The molecule has 0 unspecified atom stereocenters. The molecule has 3 aromatic rings. The molecule has 0 atom stereocenters. The Morgan fingerprint density at radius 2 is 0.915 bits per heavy atom. The maximum absolute atomic E-state index is 12.4. The smallest absolute Gasteiger partial charge is 0.291 e. The molecule has 3 amide bonds. The fraction of sp³-hybridized carbons (Fsp3) is 0.357. The number of hydrogen-bond donors (Lipinski definition) is 6. The van der Waals surface area contributed by atoms with Crippen LogP contribution in [0, 0.1) is 50.1 Å². The van der Waals surface area contributed by atoms with Crippen LogP contribution in [0.4, 0.5) is 0 Å². The number of hydrogen-bond acceptors (Lipinski definition) is 14. The van der Waals surface area contributed by atoms with Gasteiger partial charge in [0.05, 0.1) is 18.8 Å². The third-order valence-corrected chi connectivity index (χ3v) is 6.88. The number of nitrogens with zero attached hydrogens (tertiary/aromatic N) is 1. The van der Waals surface area contributed by atoms with Gasteiger partial charge in [0, 0.05) is 102 Å². The van der Waals surface area contributed by atoms with Crippen molar-refractivity contribution < 1.29 is 87.8 Å². The molecule has 0 radical (unpaired) electrons. The van der Waals surface area contributed by atoms with E-state index in [4.69, 9.17) is 13.3 Å². The van der Waals surface area contributed by atoms with Gasteiger partial charge < -0.3 is 44.5 Å². The van der Waals surface area contributed by atoms with Crippen LogP contribution in [0.1, 0.15) is 70.2 Å². The van der Waals surface area contributed by atoms with Crippen LogP contribution in [0.15, 0.2) is 64.6 Å². The van der Waals surface area contributed by atoms with Gasteiger partial charge in [0.25, 0.3) is 17.7 Å². The molecule has 18 nitrogen and oxygen atoms in total. The monoisotopic (exact) mass is 804 g/mol. The number of carbonyl (C=O) groups excluding carboxylic acids is 3. The first-order valence-electron chi connectivity index (χ1n) is 13.8. The van der Waals surface area contributed by atoms with Gasteiger partial charge in [-0.15, -0.1) is 0 Å². The Morgan fingerprint density at radius 1 is 0.638 bits per heavy atom. The van der Waals surface area contributed by atoms with Crippen LogP contribution in [0.5, 0.6) is 17.2 Å². The van der Waals surface area contributed by atoms with Crippen LogP contribution in [-0.4, -0.2) is 63.1 Å². The number of rotatable bonds is 16. The predicted molar refractivity (Wildman–Crippen MR) is 154 cm³/mol. The summed E-state index contributed by atoms with van der Waals surface area (Å²) in [4.78, 5) is 83.6. The maximum atomic E-state index is 12.4. The first-order valence-corrected chi connectivity index (χ1v) is 13.8. The molecule has 0 aliphatic carbocycles. The van der Waals surface area contributed by atoms with Crippen molar-refractivity contribution in [3.63, 3.8) is 0 Å². The van der Waals surface area contributed by atoms with Crippen molar-refractivity contribution in [3.8, 4) is 17.2 Å². The van der Waals surface area contributed by atoms with E-state index in [-0.39, 0.29) is 98.1 Å². The van der Waals surface area contributed by atoms with E-state index in [0.717, 1.165) is 37.0 Å². The Kier molecular flexibility index (Phi) is 14.7. The molecule has 0 saturated heterocycles. The summed E-state index contributed by atoms with van der Waals surface area (Å²) in [5, 5.41) is 48.9. The van der Waals surface area contributed by atoms with E-state index >= 15 is 0 Å². The summed E-state index contributed by atoms with van der Waals surface area (Å²) in [6, 6.07) is 2.75. The average Bonchev–Trinajstić information content (AvgIpc) is 3.02. The third kappa shape index (κ3) is 10.2. The van der Waals surface area contributed by atoms with Gasteiger partial charge in [0.1, 0.15) is 0 Å². The van der Waals surface area contributed by atoms with Crippen LogP contribution in [0.25, 0.3) is 0 Å². The molecule has 0 aliphatic rings. The van der Waals surface area contributed by atoms with Crippen LogP contribution in [-0.2, 0) is 0 Å². The Labute approximate surface area is 296 Å². The summed E-state index contributed by atoms with van der Waals surface area (Å²) in [6.45, 7) is -0.338. The number of amides is 3. The number of nitro groups is 1. The zero-order valence-electron chi connectivity index (χ0n) is 24.5. The van der Waals surface area contributed by atoms with Crippen molar-refractivity contribution in [2.45, 2.75) is 44.1 Å². The molecule has 0 aromatic carbocycles. The number of nitrogens with one attached hydrogen (secondary N) is 3. The van der Waals surface area contributed by atoms with Gasteiger partial charge in [-0.1, -0.05) is 0 Å². The standard InChI is InChI=1S/C28H30N4O14.Gd/c33-16-4-13-44-22(19(16)36)25(39)29-10-1-7-28(32(42)43,8-2-11-30-26(40)23-20(37)17(34)5-14-45-23)9-3-12-31-27(41)24-21(38)18(35)6-15-46-24;/h4-6,13-15,36-38H,1-3,7-12H2,(H,29,39)(H,30,40)(H,31,41);. The molecule has 19 heteroatoms. The van der Waals surface area contributed by atoms with Crippen molar-refractivity contribution in [1.82, 2.24) is 16.0 Å². The molecule has 0 bridgehead atoms. The minimum Gasteiger partial charge on any atom is -0.501 e. The van der Waals surface area contributed by atoms with Crippen LogP contribution in [0.3, 0.4) is 0 Å². The first-order chi connectivity index (χ1) is 21.9. The molecule has 0 fully saturated rings. The number of carbonyl (C=O) groups is 3. The van der Waals surface area contributed by atoms with Gasteiger partial charge in [0.2, 0.25) is 56.4 Å². The van der Waals surface area contributed by atoms with Gasteiger partial charge >= 0.3 is 0 Å². The van der Waals surface area contributed by atoms with E-state index in [9.17, 15) is 54.2 Å². The van der Waals surface area contributed by atoms with Crippen molar-refractivity contribution in [3.05, 3.63) is 95.1 Å². The summed E-state index contributed by atoms with van der Waals surface area (Å²) < 4.78 is 14.6. The van der Waals surface area contributed by atoms with Gasteiger partial charge in [-0.25, -0.2) is 0 Å². The van der Waals surface area contributed by atoms with Crippen molar-refractivity contribution >= 4 is 17.7 Å². The average molecular weight is 804 g/mol. The van der Waals surface area contributed by atoms with Gasteiger partial charge in [-0.2, -0.15) is 0 Å². The van der Waals surface area contributed by atoms with Crippen LogP contribution in [0.2, 0.25) is 0 Å². The fourth-order valence-corrected chi connectivity index (χ4v) is 4.46. The zero-order chi connectivity index (χ0) is 33.9. The topological polar surface area (TPSA) is 282 Å². The van der Waals surface area contributed by atoms with Gasteiger partial charge in [0.15, 0.2) is 0 Å². The summed E-state index contributed by atoms with van der Waals surface area (Å²) in [7, 11) is 0. The summed E-state index contributed by atoms with van der Waals surface area (Å²) in [5.41, 5.74) is -4.14. The second-order valence-corrected chi connectivity index (χ2v) is 9.95. The minimum atomic E-state index is -1.63. The summed E-state index contributed by atoms with van der Waals surface area (Å²) in [6.07, 6.45) is 2.62. The maximum Gasteiger partial charge on any atom is 0.291 e. The molecule has 254 valence electrons. The second-order valence-electron chi connectivity index (χ2n) is 9.95. The van der Waals surface area contributed by atoms with Crippen molar-refractivity contribution in [2.75, 3.05) is 19.6 Å². The second kappa shape index (κ2) is 17.9. The molecule has 0 saturated carbocycles. The summed E-state index contributed by atoms with van der Waals surface area (Å²) >= 11 is 0. The van der Waals surface area contributed by atoms with E-state index in [1.807, 2.05) is 0 Å². The molecular weight excluding hydrogens is 774 g/mol. The summed E-state index contributed by atoms with van der Waals surface area (Å²) in [5.74, 6) is -7.31. The van der Waals surface area contributed by atoms with E-state index in [1.54, 1.807) is 0 Å². The fourth-order valence-electron chi connectivity index (χ4n) is 4.46. The quantitative estimate of drug-likeness (QED) is 0.0658. The molecule has 0 aliphatic heterocycles. The molecule has 0 spiro atoms. The predicted octanol–water partition coefficient (Wildman–Crippen LogP) is 0.609. The van der Waals surface area contributed by atoms with Crippen molar-refractivity contribution in [1.29, 1.82) is 0 Å². The van der Waals surface area contributed by atoms with Gasteiger partial charge in [-0.05, 0) is 19.3 Å². The Bertz CT molecular complexity index is 1570. The molecule has 3 rings (SSSR count). The zero-order valence-corrected chi connectivity index (χ0v) is 26.7. The Hall–Kier alpha value is -4.62. The Morgan fingerprint density at radius 3 is 1.17 bits per heavy atom. The van der Waals surface area contributed by atoms with E-state index in [0.29, 0.717) is 0 Å². The molecule has 47 heavy (non-hydrogen) atoms. The van der Waals surface area contributed by atoms with Crippen LogP contribution >= 0.6 is 0 Å².